The molecule has 2 aromatic carbocycles. The van der Waals surface area contributed by atoms with Crippen LogP contribution in [0.15, 0.2) is 59.7 Å². The van der Waals surface area contributed by atoms with Crippen LogP contribution in [0.25, 0.3) is 11.4 Å². The van der Waals surface area contributed by atoms with Crippen molar-refractivity contribution in [3.8, 4) is 0 Å². The molecule has 0 saturated heterocycles. The normalized spacial score (nSPS) is 16.7. The Labute approximate surface area is 177 Å². The summed E-state index contributed by atoms with van der Waals surface area (Å²) in [5, 5.41) is 5.92. The molecule has 2 aromatic rings. The van der Waals surface area contributed by atoms with Gasteiger partial charge in [0.2, 0.25) is 0 Å². The summed E-state index contributed by atoms with van der Waals surface area (Å²) in [5.41, 5.74) is 1.23. The summed E-state index contributed by atoms with van der Waals surface area (Å²) in [6.45, 7) is 0. The van der Waals surface area contributed by atoms with E-state index in [2.05, 4.69) is 10.6 Å². The molecule has 0 radical (unpaired) electrons. The zero-order chi connectivity index (χ0) is 21.8. The Morgan fingerprint density at radius 2 is 0.833 bits per heavy atom. The number of fused-ring (bicyclic) bond motifs is 1. The van der Waals surface area contributed by atoms with Gasteiger partial charge in [0.05, 0.1) is 22.5 Å². The Hall–Kier alpha value is -2.72. The third kappa shape index (κ3) is 3.50. The topological polar surface area (TPSA) is 24.1 Å². The van der Waals surface area contributed by atoms with E-state index < -0.39 is 23.5 Å². The van der Waals surface area contributed by atoms with Gasteiger partial charge in [0.1, 0.15) is 9.98 Å². The average molecular weight is 456 g/mol. The number of alkyl halides is 6. The van der Waals surface area contributed by atoms with E-state index in [1.165, 1.54) is 24.3 Å². The van der Waals surface area contributed by atoms with Crippen LogP contribution in [0.4, 0.5) is 26.3 Å². The van der Waals surface area contributed by atoms with Crippen molar-refractivity contribution < 1.29 is 26.3 Å². The first-order valence-electron chi connectivity index (χ1n) is 8.43. The number of hydrogen-bond acceptors (Lipinski definition) is 2. The zero-order valence-electron chi connectivity index (χ0n) is 14.7. The van der Waals surface area contributed by atoms with Crippen LogP contribution in [0.1, 0.15) is 22.3 Å². The predicted octanol–water partition coefficient (Wildman–Crippen LogP) is 5.71. The lowest BCUT2D eigenvalue weighted by atomic mass is 10.0. The number of halogens is 6. The van der Waals surface area contributed by atoms with Crippen LogP contribution < -0.4 is 10.6 Å². The lowest BCUT2D eigenvalue weighted by Crippen LogP contribution is -2.19. The van der Waals surface area contributed by atoms with Gasteiger partial charge in [-0.15, -0.1) is 0 Å². The summed E-state index contributed by atoms with van der Waals surface area (Å²) in [6.07, 6.45) is -8.92. The van der Waals surface area contributed by atoms with Crippen LogP contribution in [0, 0.1) is 0 Å². The van der Waals surface area contributed by atoms with Gasteiger partial charge in [-0.25, -0.2) is 0 Å². The van der Waals surface area contributed by atoms with Gasteiger partial charge in [-0.1, -0.05) is 48.7 Å². The van der Waals surface area contributed by atoms with Crippen molar-refractivity contribution >= 4 is 45.8 Å². The zero-order valence-corrected chi connectivity index (χ0v) is 16.3. The van der Waals surface area contributed by atoms with Gasteiger partial charge in [0.15, 0.2) is 0 Å². The summed E-state index contributed by atoms with van der Waals surface area (Å²) in [6, 6.07) is 9.06. The van der Waals surface area contributed by atoms with Crippen molar-refractivity contribution in [1.82, 2.24) is 10.6 Å². The molecule has 0 amide bonds. The molecule has 0 aromatic heterocycles. The molecule has 2 heterocycles. The highest BCUT2D eigenvalue weighted by atomic mass is 32.1. The van der Waals surface area contributed by atoms with Gasteiger partial charge in [0, 0.05) is 11.1 Å². The van der Waals surface area contributed by atoms with E-state index in [1.807, 2.05) is 0 Å². The quantitative estimate of drug-likeness (QED) is 0.447. The summed E-state index contributed by atoms with van der Waals surface area (Å²) in [7, 11) is 0. The third-order valence-corrected chi connectivity index (χ3v) is 5.30. The van der Waals surface area contributed by atoms with Crippen LogP contribution in [0.5, 0.6) is 0 Å². The summed E-state index contributed by atoms with van der Waals surface area (Å²) < 4.78 is 76.9. The van der Waals surface area contributed by atoms with Crippen LogP contribution >= 0.6 is 24.4 Å². The second kappa shape index (κ2) is 6.92. The maximum atomic E-state index is 12.8. The highest BCUT2D eigenvalue weighted by molar-refractivity contribution is 7.81. The molecule has 2 N–H and O–H groups in total. The molecule has 154 valence electrons. The van der Waals surface area contributed by atoms with E-state index >= 15 is 0 Å². The average Bonchev–Trinajstić information content (AvgIpc) is 3.19. The molecule has 30 heavy (non-hydrogen) atoms. The minimum atomic E-state index is -4.46. The number of benzene rings is 2. The highest BCUT2D eigenvalue weighted by Gasteiger charge is 2.37. The Balaban J connectivity index is 1.77. The molecule has 0 atom stereocenters. The molecule has 2 aliphatic heterocycles. The second-order valence-electron chi connectivity index (χ2n) is 6.56. The summed E-state index contributed by atoms with van der Waals surface area (Å²) >= 11 is 10.7. The van der Waals surface area contributed by atoms with Gasteiger partial charge < -0.3 is 10.6 Å². The van der Waals surface area contributed by atoms with Crippen LogP contribution in [-0.2, 0) is 12.4 Å². The van der Waals surface area contributed by atoms with Gasteiger partial charge in [-0.05, 0) is 35.4 Å². The first-order valence-corrected chi connectivity index (χ1v) is 9.25. The first-order chi connectivity index (χ1) is 14.0. The van der Waals surface area contributed by atoms with Crippen molar-refractivity contribution in [3.05, 3.63) is 81.9 Å². The summed E-state index contributed by atoms with van der Waals surface area (Å²) in [4.78, 5) is 0.560. The molecule has 10 heteroatoms. The molecule has 0 spiro atoms. The maximum absolute atomic E-state index is 12.8. The minimum absolute atomic E-state index is 0.280. The monoisotopic (exact) mass is 456 g/mol. The second-order valence-corrected chi connectivity index (χ2v) is 7.37. The molecule has 0 unspecified atom stereocenters. The Kier molecular flexibility index (Phi) is 4.74. The van der Waals surface area contributed by atoms with E-state index in [-0.39, 0.29) is 9.98 Å². The van der Waals surface area contributed by atoms with Crippen LogP contribution in [0.3, 0.4) is 0 Å². The van der Waals surface area contributed by atoms with Crippen molar-refractivity contribution in [2.75, 3.05) is 0 Å². The fraction of sp³-hybridized carbons (Fsp3) is 0.100. The molecule has 2 nitrogen and oxygen atoms in total. The SMILES string of the molecule is FC(F)(F)c1ccc(C2=C3C(=S)NC(c4ccc(C(F)(F)F)cc4)=C3C(=S)N2)cc1. The molecule has 0 bridgehead atoms. The summed E-state index contributed by atoms with van der Waals surface area (Å²) in [5.74, 6) is 0. The van der Waals surface area contributed by atoms with Crippen molar-refractivity contribution in [3.63, 3.8) is 0 Å². The van der Waals surface area contributed by atoms with Gasteiger partial charge in [-0.3, -0.25) is 0 Å². The number of rotatable bonds is 2. The van der Waals surface area contributed by atoms with Crippen LogP contribution in [-0.4, -0.2) is 9.98 Å². The van der Waals surface area contributed by atoms with E-state index in [0.29, 0.717) is 33.7 Å². The van der Waals surface area contributed by atoms with E-state index in [9.17, 15) is 26.3 Å². The Morgan fingerprint density at radius 1 is 0.533 bits per heavy atom. The van der Waals surface area contributed by atoms with E-state index in [0.717, 1.165) is 24.3 Å². The molecule has 0 aliphatic carbocycles. The van der Waals surface area contributed by atoms with Gasteiger partial charge >= 0.3 is 12.4 Å². The Morgan fingerprint density at radius 3 is 1.10 bits per heavy atom. The van der Waals surface area contributed by atoms with Crippen molar-refractivity contribution in [2.24, 2.45) is 0 Å². The standard InChI is InChI=1S/C20H10F6N2S2/c21-19(22,23)11-5-1-9(2-6-11)15-13-14(18(30)27-15)16(28-17(13)29)10-3-7-12(8-4-10)20(24,25)26/h1-8H,(H,27,30)(H,28,29). The van der Waals surface area contributed by atoms with Crippen molar-refractivity contribution in [1.29, 1.82) is 0 Å². The first kappa shape index (κ1) is 20.5. The highest BCUT2D eigenvalue weighted by Crippen LogP contribution is 2.40. The molecular weight excluding hydrogens is 446 g/mol. The Bertz CT molecular complexity index is 1030. The largest absolute Gasteiger partial charge is 0.416 e. The predicted molar refractivity (Wildman–Crippen MR) is 108 cm³/mol. The molecular formula is C20H10F6N2S2. The van der Waals surface area contributed by atoms with Crippen molar-refractivity contribution in [2.45, 2.75) is 12.4 Å². The lowest BCUT2D eigenvalue weighted by molar-refractivity contribution is -0.138. The fourth-order valence-corrected chi connectivity index (χ4v) is 3.88. The molecule has 2 aliphatic rings. The van der Waals surface area contributed by atoms with Gasteiger partial charge in [0.25, 0.3) is 0 Å². The maximum Gasteiger partial charge on any atom is 0.416 e. The van der Waals surface area contributed by atoms with Crippen LogP contribution in [0.2, 0.25) is 0 Å². The smallest absolute Gasteiger partial charge is 0.345 e. The number of hydrogen-bond donors (Lipinski definition) is 2. The fourth-order valence-electron chi connectivity index (χ4n) is 3.27. The molecule has 0 fully saturated rings. The lowest BCUT2D eigenvalue weighted by Gasteiger charge is -2.12. The van der Waals surface area contributed by atoms with E-state index in [4.69, 9.17) is 24.4 Å². The number of nitrogens with one attached hydrogen (secondary N) is 2. The minimum Gasteiger partial charge on any atom is -0.345 e. The van der Waals surface area contributed by atoms with Gasteiger partial charge in [-0.2, -0.15) is 26.3 Å². The van der Waals surface area contributed by atoms with E-state index in [1.54, 1.807) is 0 Å². The number of thiocarbonyl (C=S) groups is 2. The molecule has 4 rings (SSSR count). The molecule has 0 saturated carbocycles. The third-order valence-electron chi connectivity index (χ3n) is 4.68.